The summed E-state index contributed by atoms with van der Waals surface area (Å²) in [4.78, 5) is 44.7. The molecular weight excluding hydrogens is 484 g/mol. The zero-order valence-electron chi connectivity index (χ0n) is 25.1. The van der Waals surface area contributed by atoms with Crippen LogP contribution in [0, 0.1) is 63.2 Å². The van der Waals surface area contributed by atoms with Crippen molar-refractivity contribution in [3.8, 4) is 0 Å². The molecule has 39 heavy (non-hydrogen) atoms. The van der Waals surface area contributed by atoms with Gasteiger partial charge >= 0.3 is 0 Å². The number of hydrogen-bond acceptors (Lipinski definition) is 3. The van der Waals surface area contributed by atoms with Crippen LogP contribution in [-0.4, -0.2) is 23.0 Å². The van der Waals surface area contributed by atoms with E-state index in [2.05, 4.69) is 44.8 Å². The van der Waals surface area contributed by atoms with Gasteiger partial charge in [0.15, 0.2) is 5.78 Å². The third-order valence-corrected chi connectivity index (χ3v) is 13.1. The van der Waals surface area contributed by atoms with Gasteiger partial charge in [0.1, 0.15) is 5.78 Å². The molecule has 1 amide bonds. The minimum atomic E-state index is -0.615. The highest BCUT2D eigenvalue weighted by molar-refractivity contribution is 6.03. The topological polar surface area (TPSA) is 67.6 Å². The van der Waals surface area contributed by atoms with Crippen molar-refractivity contribution in [2.24, 2.45) is 44.8 Å². The van der Waals surface area contributed by atoms with E-state index in [0.717, 1.165) is 63.7 Å². The molecule has 5 heteroatoms. The molecule has 6 atom stereocenters. The average Bonchev–Trinajstić information content (AvgIpc) is 3.69. The van der Waals surface area contributed by atoms with E-state index >= 15 is 0 Å². The number of nitrogens with zero attached hydrogens (tertiary/aromatic N) is 1. The molecule has 0 aromatic carbocycles. The minimum Gasteiger partial charge on any atom is -0.350 e. The van der Waals surface area contributed by atoms with E-state index in [9.17, 15) is 14.4 Å². The van der Waals surface area contributed by atoms with Gasteiger partial charge in [0.05, 0.1) is 12.5 Å². The summed E-state index contributed by atoms with van der Waals surface area (Å²) in [7, 11) is 0. The zero-order valence-corrected chi connectivity index (χ0v) is 25.1. The second-order valence-corrected chi connectivity index (χ2v) is 16.1. The molecule has 6 aliphatic carbocycles. The van der Waals surface area contributed by atoms with Crippen molar-refractivity contribution in [2.75, 3.05) is 0 Å². The van der Waals surface area contributed by atoms with Crippen LogP contribution in [0.3, 0.4) is 0 Å². The average molecular weight is 531 g/mol. The van der Waals surface area contributed by atoms with Gasteiger partial charge in [-0.3, -0.25) is 9.59 Å². The van der Waals surface area contributed by atoms with E-state index in [1.807, 2.05) is 19.9 Å². The van der Waals surface area contributed by atoms with E-state index in [-0.39, 0.29) is 68.1 Å². The fourth-order valence-corrected chi connectivity index (χ4v) is 10.4. The number of Topliss-reactive ketones (excluding diaryl/α,β-unsaturated/α-hetero) is 2. The first-order chi connectivity index (χ1) is 18.0. The number of nitrogens with one attached hydrogen (secondary N) is 1. The quantitative estimate of drug-likeness (QED) is 0.398. The molecular formula is C34H46N2O3. The summed E-state index contributed by atoms with van der Waals surface area (Å²) in [6, 6.07) is 0. The molecule has 1 N–H and O–H groups in total. The zero-order chi connectivity index (χ0) is 28.4. The van der Waals surface area contributed by atoms with Gasteiger partial charge in [0.25, 0.3) is 0 Å². The Bertz CT molecular complexity index is 1220. The molecule has 0 heterocycles. The van der Waals surface area contributed by atoms with Crippen LogP contribution in [0.15, 0.2) is 11.8 Å². The lowest BCUT2D eigenvalue weighted by molar-refractivity contribution is -0.173. The standard InChI is InChI=1S/C34H46N2O3/c1-29(2)13-15-34(36-28(39)20-9-10-20)16-14-33(7)26(21(34)18-29)23(37)17-25-31(5)19-22(35-8)27(38)30(3,4)24(31)11-12-32(25,33)6/h19-20,24-25H,9-18H2,1-7H3,(H,36,39)/t24-,25+,31-,32+,33+,34-/m0/s1. The number of fused-ring (bicyclic) bond motifs is 7. The predicted molar refractivity (Wildman–Crippen MR) is 151 cm³/mol. The van der Waals surface area contributed by atoms with Crippen molar-refractivity contribution < 1.29 is 14.4 Å². The Morgan fingerprint density at radius 3 is 2.23 bits per heavy atom. The third kappa shape index (κ3) is 3.51. The maximum atomic E-state index is 14.5. The van der Waals surface area contributed by atoms with Gasteiger partial charge in [-0.1, -0.05) is 54.5 Å². The first-order valence-electron chi connectivity index (χ1n) is 15.3. The first kappa shape index (κ1) is 27.2. The molecule has 0 bridgehead atoms. The highest BCUT2D eigenvalue weighted by Gasteiger charge is 2.72. The van der Waals surface area contributed by atoms with Crippen LogP contribution in [0.25, 0.3) is 4.85 Å². The molecule has 0 spiro atoms. The molecule has 2 radical (unpaired) electrons. The minimum absolute atomic E-state index is 0.0435. The molecule has 6 aliphatic rings. The van der Waals surface area contributed by atoms with Gasteiger partial charge < -0.3 is 10.1 Å². The maximum Gasteiger partial charge on any atom is 0.226 e. The van der Waals surface area contributed by atoms with Crippen molar-refractivity contribution in [3.05, 3.63) is 35.0 Å². The highest BCUT2D eigenvalue weighted by atomic mass is 16.2. The molecule has 5 nitrogen and oxygen atoms in total. The number of hydrogen-bond donors (Lipinski definition) is 1. The summed E-state index contributed by atoms with van der Waals surface area (Å²) in [6.45, 7) is 23.4. The predicted octanol–water partition coefficient (Wildman–Crippen LogP) is 6.83. The lowest BCUT2D eigenvalue weighted by Crippen LogP contribution is -2.70. The van der Waals surface area contributed by atoms with Gasteiger partial charge in [-0.15, -0.1) is 0 Å². The SMILES string of the molecule is [C-]#[N+]C1=C[C@]2(C)[C@H]3CC(=O)[C]4[C]5CC(C)(C)CC[C@]5(NC(=O)C5CC5)CC[C@@]4(C)[C@]3(C)CC[C@H]2C(C)(C)C1=O. The Labute approximate surface area is 235 Å². The van der Waals surface area contributed by atoms with Gasteiger partial charge in [-0.25, -0.2) is 4.85 Å². The van der Waals surface area contributed by atoms with Crippen molar-refractivity contribution in [1.82, 2.24) is 5.32 Å². The maximum absolute atomic E-state index is 14.5. The molecule has 5 saturated carbocycles. The molecule has 0 saturated heterocycles. The summed E-state index contributed by atoms with van der Waals surface area (Å²) >= 11 is 0. The molecule has 0 aliphatic heterocycles. The van der Waals surface area contributed by atoms with E-state index in [1.54, 1.807) is 0 Å². The monoisotopic (exact) mass is 530 g/mol. The number of carbonyl (C=O) groups is 3. The summed E-state index contributed by atoms with van der Waals surface area (Å²) in [5, 5.41) is 3.54. The van der Waals surface area contributed by atoms with E-state index in [1.165, 1.54) is 5.92 Å². The van der Waals surface area contributed by atoms with Gasteiger partial charge in [0, 0.05) is 29.2 Å². The van der Waals surface area contributed by atoms with Crippen molar-refractivity contribution in [3.63, 3.8) is 0 Å². The van der Waals surface area contributed by atoms with E-state index < -0.39 is 5.41 Å². The first-order valence-corrected chi connectivity index (χ1v) is 15.3. The third-order valence-electron chi connectivity index (χ3n) is 13.1. The second kappa shape index (κ2) is 8.07. The molecule has 0 aromatic heterocycles. The van der Waals surface area contributed by atoms with Crippen molar-refractivity contribution in [2.45, 2.75) is 118 Å². The highest BCUT2D eigenvalue weighted by Crippen LogP contribution is 2.75. The second-order valence-electron chi connectivity index (χ2n) is 16.1. The smallest absolute Gasteiger partial charge is 0.226 e. The molecule has 0 aromatic rings. The van der Waals surface area contributed by atoms with Crippen molar-refractivity contribution in [1.29, 1.82) is 0 Å². The fraction of sp³-hybridized carbons (Fsp3) is 0.765. The Morgan fingerprint density at radius 2 is 1.59 bits per heavy atom. The number of allylic oxidation sites excluding steroid dienone is 2. The molecule has 6 rings (SSSR count). The van der Waals surface area contributed by atoms with Crippen molar-refractivity contribution >= 4 is 17.5 Å². The lowest BCUT2D eigenvalue weighted by atomic mass is 9.32. The number of amides is 1. The Hall–Kier alpha value is -1.96. The largest absolute Gasteiger partial charge is 0.350 e. The Kier molecular flexibility index (Phi) is 5.63. The van der Waals surface area contributed by atoms with E-state index in [4.69, 9.17) is 6.57 Å². The van der Waals surface area contributed by atoms with Gasteiger partial charge in [0.2, 0.25) is 11.6 Å². The van der Waals surface area contributed by atoms with E-state index in [0.29, 0.717) is 6.42 Å². The van der Waals surface area contributed by atoms with Gasteiger partial charge in [-0.05, 0) is 91.3 Å². The van der Waals surface area contributed by atoms with Crippen LogP contribution in [0.2, 0.25) is 0 Å². The molecule has 0 unspecified atom stereocenters. The normalized spacial score (nSPS) is 45.1. The van der Waals surface area contributed by atoms with Crippen LogP contribution >= 0.6 is 0 Å². The van der Waals surface area contributed by atoms with Crippen LogP contribution in [0.5, 0.6) is 0 Å². The molecule has 210 valence electrons. The van der Waals surface area contributed by atoms with Crippen LogP contribution in [0.4, 0.5) is 0 Å². The summed E-state index contributed by atoms with van der Waals surface area (Å²) in [6.07, 6.45) is 10.9. The van der Waals surface area contributed by atoms with Crippen LogP contribution < -0.4 is 5.32 Å². The van der Waals surface area contributed by atoms with Crippen LogP contribution in [-0.2, 0) is 14.4 Å². The summed E-state index contributed by atoms with van der Waals surface area (Å²) in [5.41, 5.74) is -1.48. The Morgan fingerprint density at radius 1 is 0.923 bits per heavy atom. The van der Waals surface area contributed by atoms with Crippen LogP contribution in [0.1, 0.15) is 113 Å². The fourth-order valence-electron chi connectivity index (χ4n) is 10.4. The number of carbonyl (C=O) groups excluding carboxylic acids is 3. The summed E-state index contributed by atoms with van der Waals surface area (Å²) < 4.78 is 0. The lowest BCUT2D eigenvalue weighted by Gasteiger charge is -2.71. The number of rotatable bonds is 2. The van der Waals surface area contributed by atoms with Gasteiger partial charge in [-0.2, -0.15) is 0 Å². The summed E-state index contributed by atoms with van der Waals surface area (Å²) in [5.74, 6) is 2.97. The number of ketones is 2. The Balaban J connectivity index is 1.44. The molecule has 5 fully saturated rings.